The number of rotatable bonds is 8. The van der Waals surface area contributed by atoms with Crippen molar-refractivity contribution in [1.82, 2.24) is 19.5 Å². The van der Waals surface area contributed by atoms with Crippen LogP contribution in [0.1, 0.15) is 37.3 Å². The fourth-order valence-electron chi connectivity index (χ4n) is 4.90. The van der Waals surface area contributed by atoms with Gasteiger partial charge in [0.15, 0.2) is 24.1 Å². The van der Waals surface area contributed by atoms with E-state index in [1.807, 2.05) is 0 Å². The van der Waals surface area contributed by atoms with E-state index in [4.69, 9.17) is 18.9 Å². The molecule has 13 heteroatoms. The van der Waals surface area contributed by atoms with E-state index in [1.54, 1.807) is 66.7 Å². The van der Waals surface area contributed by atoms with Crippen LogP contribution in [-0.4, -0.2) is 62.3 Å². The van der Waals surface area contributed by atoms with E-state index in [9.17, 15) is 24.0 Å². The number of aromatic nitrogens is 4. The van der Waals surface area contributed by atoms with Crippen LogP contribution in [0.15, 0.2) is 113 Å². The zero-order valence-electron chi connectivity index (χ0n) is 23.3. The normalized spacial score (nSPS) is 19.1. The molecule has 0 bridgehead atoms. The maximum atomic E-state index is 13.4. The Kier molecular flexibility index (Phi) is 8.24. The summed E-state index contributed by atoms with van der Waals surface area (Å²) in [6.45, 7) is -0.457. The highest BCUT2D eigenvalue weighted by Crippen LogP contribution is 2.35. The molecule has 3 heterocycles. The van der Waals surface area contributed by atoms with E-state index < -0.39 is 60.3 Å². The van der Waals surface area contributed by atoms with E-state index in [0.29, 0.717) is 0 Å². The third kappa shape index (κ3) is 6.10. The molecule has 45 heavy (non-hydrogen) atoms. The van der Waals surface area contributed by atoms with Crippen LogP contribution in [0.2, 0.25) is 0 Å². The molecule has 5 aromatic rings. The van der Waals surface area contributed by atoms with Crippen LogP contribution in [0.4, 0.5) is 0 Å². The number of hydrogen-bond donors (Lipinski definition) is 1. The lowest BCUT2D eigenvalue weighted by atomic mass is 10.1. The molecule has 4 atom stereocenters. The average Bonchev–Trinajstić information content (AvgIpc) is 3.40. The van der Waals surface area contributed by atoms with Gasteiger partial charge < -0.3 is 18.9 Å². The van der Waals surface area contributed by atoms with Crippen molar-refractivity contribution < 1.29 is 33.3 Å². The average molecular weight is 609 g/mol. The predicted molar refractivity (Wildman–Crippen MR) is 156 cm³/mol. The molecular formula is C32H24N4O9. The highest BCUT2D eigenvalue weighted by molar-refractivity contribution is 5.91. The topological polar surface area (TPSA) is 169 Å². The van der Waals surface area contributed by atoms with Gasteiger partial charge in [-0.1, -0.05) is 54.6 Å². The van der Waals surface area contributed by atoms with Crippen molar-refractivity contribution in [2.24, 2.45) is 0 Å². The van der Waals surface area contributed by atoms with Crippen LogP contribution in [0.5, 0.6) is 0 Å². The molecular weight excluding hydrogens is 584 g/mol. The first-order valence-corrected chi connectivity index (χ1v) is 13.7. The number of nitrogens with one attached hydrogen (secondary N) is 1. The zero-order valence-corrected chi connectivity index (χ0v) is 23.3. The first kappa shape index (κ1) is 29.1. The lowest BCUT2D eigenvalue weighted by Crippen LogP contribution is -2.43. The van der Waals surface area contributed by atoms with Gasteiger partial charge in [0.1, 0.15) is 24.4 Å². The molecule has 1 saturated heterocycles. The molecule has 1 fully saturated rings. The smallest absolute Gasteiger partial charge is 0.338 e. The van der Waals surface area contributed by atoms with Crippen molar-refractivity contribution in [3.8, 4) is 0 Å². The molecule has 2 aromatic heterocycles. The summed E-state index contributed by atoms with van der Waals surface area (Å²) in [4.78, 5) is 75.5. The van der Waals surface area contributed by atoms with Crippen LogP contribution in [0, 0.1) is 0 Å². The highest BCUT2D eigenvalue weighted by atomic mass is 16.7. The number of fused-ring (bicyclic) bond motifs is 1. The van der Waals surface area contributed by atoms with Gasteiger partial charge in [-0.05, 0) is 36.4 Å². The van der Waals surface area contributed by atoms with Gasteiger partial charge in [0.2, 0.25) is 0 Å². The van der Waals surface area contributed by atoms with E-state index in [0.717, 1.165) is 10.9 Å². The molecule has 1 N–H and O–H groups in total. The molecule has 0 radical (unpaired) electrons. The fraction of sp³-hybridized carbons (Fsp3) is 0.156. The number of carbonyl (C=O) groups is 3. The molecule has 3 aromatic carbocycles. The minimum Gasteiger partial charge on any atom is -0.459 e. The number of hydrogen-bond acceptors (Lipinski definition) is 11. The second kappa shape index (κ2) is 12.7. The van der Waals surface area contributed by atoms with Crippen LogP contribution in [0.25, 0.3) is 11.0 Å². The summed E-state index contributed by atoms with van der Waals surface area (Å²) in [6.07, 6.45) is -3.26. The van der Waals surface area contributed by atoms with Crippen LogP contribution >= 0.6 is 0 Å². The Morgan fingerprint density at radius 1 is 0.756 bits per heavy atom. The monoisotopic (exact) mass is 608 g/mol. The summed E-state index contributed by atoms with van der Waals surface area (Å²) >= 11 is 0. The third-order valence-corrected chi connectivity index (χ3v) is 7.04. The Labute approximate surface area is 254 Å². The Morgan fingerprint density at radius 3 is 1.87 bits per heavy atom. The summed E-state index contributed by atoms with van der Waals surface area (Å²) < 4.78 is 24.5. The maximum Gasteiger partial charge on any atom is 0.338 e. The van der Waals surface area contributed by atoms with Crippen molar-refractivity contribution in [1.29, 1.82) is 0 Å². The molecule has 0 amide bonds. The molecule has 0 unspecified atom stereocenters. The van der Waals surface area contributed by atoms with Crippen molar-refractivity contribution in [3.63, 3.8) is 0 Å². The molecule has 6 rings (SSSR count). The molecule has 1 aliphatic rings. The number of carbonyl (C=O) groups excluding carboxylic acids is 3. The zero-order chi connectivity index (χ0) is 31.3. The first-order chi connectivity index (χ1) is 21.9. The minimum absolute atomic E-state index is 0.0504. The summed E-state index contributed by atoms with van der Waals surface area (Å²) in [6, 6.07) is 24.3. The number of benzene rings is 3. The quantitative estimate of drug-likeness (QED) is 0.203. The molecule has 13 nitrogen and oxygen atoms in total. The number of H-pyrrole nitrogens is 1. The summed E-state index contributed by atoms with van der Waals surface area (Å²) in [5.41, 5.74) is -1.19. The third-order valence-electron chi connectivity index (χ3n) is 7.04. The summed E-state index contributed by atoms with van der Waals surface area (Å²) in [5, 5.41) is -0.0504. The molecule has 0 aliphatic carbocycles. The molecule has 226 valence electrons. The Morgan fingerprint density at radius 2 is 1.29 bits per heavy atom. The van der Waals surface area contributed by atoms with Crippen LogP contribution < -0.4 is 11.2 Å². The molecule has 0 spiro atoms. The van der Waals surface area contributed by atoms with E-state index in [2.05, 4.69) is 15.0 Å². The number of ether oxygens (including phenoxy) is 4. The summed E-state index contributed by atoms with van der Waals surface area (Å²) in [5.74, 6) is -2.28. The van der Waals surface area contributed by atoms with Crippen LogP contribution in [-0.2, 0) is 18.9 Å². The summed E-state index contributed by atoms with van der Waals surface area (Å²) in [7, 11) is 0. The van der Waals surface area contributed by atoms with Gasteiger partial charge in [-0.3, -0.25) is 9.78 Å². The van der Waals surface area contributed by atoms with Gasteiger partial charge in [-0.15, -0.1) is 0 Å². The van der Waals surface area contributed by atoms with Crippen molar-refractivity contribution >= 4 is 28.9 Å². The number of esters is 3. The fourth-order valence-corrected chi connectivity index (χ4v) is 4.90. The van der Waals surface area contributed by atoms with Crippen molar-refractivity contribution in [3.05, 3.63) is 141 Å². The largest absolute Gasteiger partial charge is 0.459 e. The van der Waals surface area contributed by atoms with Gasteiger partial charge in [-0.2, -0.15) is 0 Å². The van der Waals surface area contributed by atoms with Crippen molar-refractivity contribution in [2.75, 3.05) is 6.61 Å². The van der Waals surface area contributed by atoms with Gasteiger partial charge >= 0.3 is 23.6 Å². The van der Waals surface area contributed by atoms with Gasteiger partial charge in [-0.25, -0.2) is 33.7 Å². The standard InChI is InChI=1S/C32H24N4O9/c37-27-22-16-33-18-34-26(22)36(32(41)35-27)28-25(45-31(40)21-14-8-3-9-15-21)24(44-30(39)20-12-6-2-7-13-20)23(43-28)17-42-29(38)19-10-4-1-5-11-19/h1-16,18,23-25,28H,17H2,(H,35,37,41)/t23-,24-,25+,28+/m1/s1. The Balaban J connectivity index is 1.43. The van der Waals surface area contributed by atoms with E-state index >= 15 is 0 Å². The van der Waals surface area contributed by atoms with Crippen LogP contribution in [0.3, 0.4) is 0 Å². The Hall–Kier alpha value is -5.95. The second-order valence-electron chi connectivity index (χ2n) is 9.89. The van der Waals surface area contributed by atoms with Gasteiger partial charge in [0.25, 0.3) is 5.56 Å². The minimum atomic E-state index is -1.49. The highest BCUT2D eigenvalue weighted by Gasteiger charge is 2.52. The number of nitrogens with zero attached hydrogens (tertiary/aromatic N) is 3. The Bertz CT molecular complexity index is 1960. The van der Waals surface area contributed by atoms with Crippen molar-refractivity contribution in [2.45, 2.75) is 24.5 Å². The molecule has 1 aliphatic heterocycles. The lowest BCUT2D eigenvalue weighted by molar-refractivity contribution is -0.0623. The molecule has 0 saturated carbocycles. The lowest BCUT2D eigenvalue weighted by Gasteiger charge is -2.25. The second-order valence-corrected chi connectivity index (χ2v) is 9.89. The number of aromatic amines is 1. The van der Waals surface area contributed by atoms with E-state index in [-0.39, 0.29) is 27.7 Å². The van der Waals surface area contributed by atoms with Gasteiger partial charge in [0.05, 0.1) is 16.7 Å². The van der Waals surface area contributed by atoms with E-state index in [1.165, 1.54) is 30.5 Å². The maximum absolute atomic E-state index is 13.4. The predicted octanol–water partition coefficient (Wildman–Crippen LogP) is 2.69. The van der Waals surface area contributed by atoms with Gasteiger partial charge in [0, 0.05) is 6.20 Å². The first-order valence-electron chi connectivity index (χ1n) is 13.7. The SMILES string of the molecule is O=C(OC[C@H]1O[C@H](n2c(=O)[nH]c(=O)c3cncnc32)[C@@H](OC(=O)c2ccccc2)[C@@H]1OC(=O)c1ccccc1)c1ccccc1.